The van der Waals surface area contributed by atoms with Crippen molar-refractivity contribution in [3.8, 4) is 0 Å². The Hall–Kier alpha value is -1.06. The summed E-state index contributed by atoms with van der Waals surface area (Å²) in [6.45, 7) is 3.45. The number of likely N-dealkylation sites (tertiary alicyclic amines) is 1. The SMILES string of the molecule is C1=CC2C(C1)CC2NCC(c1ccco1)N1CCCC1. The predicted octanol–water partition coefficient (Wildman–Crippen LogP) is 2.97. The second-order valence-electron chi connectivity index (χ2n) is 6.53. The van der Waals surface area contributed by atoms with Gasteiger partial charge in [0.1, 0.15) is 5.76 Å². The Morgan fingerprint density at radius 1 is 1.35 bits per heavy atom. The van der Waals surface area contributed by atoms with E-state index in [2.05, 4.69) is 28.4 Å². The molecule has 4 atom stereocenters. The molecule has 0 spiro atoms. The molecule has 2 fully saturated rings. The van der Waals surface area contributed by atoms with Crippen molar-refractivity contribution in [2.24, 2.45) is 11.8 Å². The standard InChI is InChI=1S/C17H24N2O/c1-2-9-19(8-1)16(17-7-4-10-20-17)12-18-15-11-13-5-3-6-14(13)15/h3-4,6-7,10,13-16,18H,1-2,5,8-9,11-12H2. The lowest BCUT2D eigenvalue weighted by Gasteiger charge is -2.42. The van der Waals surface area contributed by atoms with Gasteiger partial charge >= 0.3 is 0 Å². The van der Waals surface area contributed by atoms with Crippen molar-refractivity contribution < 1.29 is 4.42 Å². The van der Waals surface area contributed by atoms with E-state index < -0.39 is 0 Å². The van der Waals surface area contributed by atoms with E-state index in [9.17, 15) is 0 Å². The maximum Gasteiger partial charge on any atom is 0.122 e. The summed E-state index contributed by atoms with van der Waals surface area (Å²) in [5, 5.41) is 3.80. The highest BCUT2D eigenvalue weighted by molar-refractivity contribution is 5.13. The molecular weight excluding hydrogens is 248 g/mol. The van der Waals surface area contributed by atoms with Crippen molar-refractivity contribution in [1.29, 1.82) is 0 Å². The summed E-state index contributed by atoms with van der Waals surface area (Å²) < 4.78 is 5.68. The predicted molar refractivity (Wildman–Crippen MR) is 79.4 cm³/mol. The topological polar surface area (TPSA) is 28.4 Å². The number of nitrogens with one attached hydrogen (secondary N) is 1. The summed E-state index contributed by atoms with van der Waals surface area (Å²) in [7, 11) is 0. The largest absolute Gasteiger partial charge is 0.468 e. The van der Waals surface area contributed by atoms with Crippen molar-refractivity contribution in [3.63, 3.8) is 0 Å². The molecule has 1 N–H and O–H groups in total. The molecule has 3 heteroatoms. The van der Waals surface area contributed by atoms with Gasteiger partial charge in [-0.15, -0.1) is 0 Å². The summed E-state index contributed by atoms with van der Waals surface area (Å²) >= 11 is 0. The van der Waals surface area contributed by atoms with Gasteiger partial charge in [0.2, 0.25) is 0 Å². The van der Waals surface area contributed by atoms with Crippen LogP contribution in [0.5, 0.6) is 0 Å². The van der Waals surface area contributed by atoms with Gasteiger partial charge in [0.05, 0.1) is 12.3 Å². The molecule has 1 saturated carbocycles. The normalized spacial score (nSPS) is 34.1. The minimum atomic E-state index is 0.414. The summed E-state index contributed by atoms with van der Waals surface area (Å²) in [5.74, 6) is 2.85. The van der Waals surface area contributed by atoms with Gasteiger partial charge in [-0.2, -0.15) is 0 Å². The molecule has 3 aliphatic rings. The fourth-order valence-electron chi connectivity index (χ4n) is 4.15. The van der Waals surface area contributed by atoms with Crippen molar-refractivity contribution in [1.82, 2.24) is 10.2 Å². The quantitative estimate of drug-likeness (QED) is 0.835. The highest BCUT2D eigenvalue weighted by Crippen LogP contribution is 2.42. The van der Waals surface area contributed by atoms with Crippen LogP contribution in [0.15, 0.2) is 35.0 Å². The minimum Gasteiger partial charge on any atom is -0.468 e. The van der Waals surface area contributed by atoms with E-state index in [4.69, 9.17) is 4.42 Å². The maximum absolute atomic E-state index is 5.68. The highest BCUT2D eigenvalue weighted by Gasteiger charge is 2.41. The Kier molecular flexibility index (Phi) is 3.41. The van der Waals surface area contributed by atoms with Gasteiger partial charge < -0.3 is 9.73 Å². The first-order valence-electron chi connectivity index (χ1n) is 8.09. The summed E-state index contributed by atoms with van der Waals surface area (Å²) in [4.78, 5) is 2.58. The minimum absolute atomic E-state index is 0.414. The third-order valence-electron chi connectivity index (χ3n) is 5.39. The van der Waals surface area contributed by atoms with Crippen LogP contribution in [0.1, 0.15) is 37.5 Å². The Balaban J connectivity index is 1.39. The Bertz CT molecular complexity index is 461. The molecule has 0 amide bonds. The molecule has 0 bridgehead atoms. The number of nitrogens with zero attached hydrogens (tertiary/aromatic N) is 1. The number of hydrogen-bond donors (Lipinski definition) is 1. The number of rotatable bonds is 5. The molecular formula is C17H24N2O. The maximum atomic E-state index is 5.68. The van der Waals surface area contributed by atoms with Gasteiger partial charge in [-0.25, -0.2) is 0 Å². The van der Waals surface area contributed by atoms with Crippen LogP contribution < -0.4 is 5.32 Å². The Morgan fingerprint density at radius 3 is 3.00 bits per heavy atom. The van der Waals surface area contributed by atoms with E-state index in [1.807, 2.05) is 6.07 Å². The van der Waals surface area contributed by atoms with Crippen molar-refractivity contribution in [3.05, 3.63) is 36.3 Å². The second-order valence-corrected chi connectivity index (χ2v) is 6.53. The van der Waals surface area contributed by atoms with Crippen LogP contribution in [0.2, 0.25) is 0 Å². The lowest BCUT2D eigenvalue weighted by Crippen LogP contribution is -2.50. The number of fused-ring (bicyclic) bond motifs is 1. The van der Waals surface area contributed by atoms with Gasteiger partial charge in [-0.1, -0.05) is 12.2 Å². The third kappa shape index (κ3) is 2.23. The van der Waals surface area contributed by atoms with Crippen LogP contribution >= 0.6 is 0 Å². The van der Waals surface area contributed by atoms with Crippen LogP contribution in [0, 0.1) is 11.8 Å². The summed E-state index contributed by atoms with van der Waals surface area (Å²) in [6.07, 6.45) is 11.9. The van der Waals surface area contributed by atoms with Crippen LogP contribution in [0.4, 0.5) is 0 Å². The number of furan rings is 1. The smallest absolute Gasteiger partial charge is 0.122 e. The Labute approximate surface area is 121 Å². The van der Waals surface area contributed by atoms with E-state index in [-0.39, 0.29) is 0 Å². The number of allylic oxidation sites excluding steroid dienone is 1. The fourth-order valence-corrected chi connectivity index (χ4v) is 4.15. The van der Waals surface area contributed by atoms with Crippen LogP contribution in [0.3, 0.4) is 0 Å². The molecule has 2 heterocycles. The molecule has 3 nitrogen and oxygen atoms in total. The molecule has 4 rings (SSSR count). The van der Waals surface area contributed by atoms with E-state index >= 15 is 0 Å². The first-order chi connectivity index (χ1) is 9.92. The molecule has 4 unspecified atom stereocenters. The molecule has 1 aromatic rings. The van der Waals surface area contributed by atoms with E-state index in [0.717, 1.165) is 24.1 Å². The molecule has 1 aliphatic heterocycles. The zero-order valence-corrected chi connectivity index (χ0v) is 12.0. The molecule has 0 radical (unpaired) electrons. The first-order valence-corrected chi connectivity index (χ1v) is 8.09. The lowest BCUT2D eigenvalue weighted by atomic mass is 9.71. The average Bonchev–Trinajstić information content (AvgIpc) is 3.17. The second kappa shape index (κ2) is 5.38. The van der Waals surface area contributed by atoms with Crippen molar-refractivity contribution >= 4 is 0 Å². The lowest BCUT2D eigenvalue weighted by molar-refractivity contribution is 0.138. The summed E-state index contributed by atoms with van der Waals surface area (Å²) in [6, 6.07) is 5.25. The van der Waals surface area contributed by atoms with Crippen molar-refractivity contribution in [2.45, 2.75) is 37.8 Å². The Morgan fingerprint density at radius 2 is 2.25 bits per heavy atom. The summed E-state index contributed by atoms with van der Waals surface area (Å²) in [5.41, 5.74) is 0. The first kappa shape index (κ1) is 12.7. The van der Waals surface area contributed by atoms with E-state index in [0.29, 0.717) is 12.1 Å². The van der Waals surface area contributed by atoms with Crippen molar-refractivity contribution in [2.75, 3.05) is 19.6 Å². The van der Waals surface area contributed by atoms with Crippen LogP contribution in [0.25, 0.3) is 0 Å². The van der Waals surface area contributed by atoms with E-state index in [1.54, 1.807) is 6.26 Å². The monoisotopic (exact) mass is 272 g/mol. The zero-order valence-electron chi connectivity index (χ0n) is 12.0. The molecule has 1 saturated heterocycles. The molecule has 1 aromatic heterocycles. The highest BCUT2D eigenvalue weighted by atomic mass is 16.3. The molecule has 108 valence electrons. The molecule has 20 heavy (non-hydrogen) atoms. The number of hydrogen-bond acceptors (Lipinski definition) is 3. The van der Waals surface area contributed by atoms with Gasteiger partial charge in [0.25, 0.3) is 0 Å². The van der Waals surface area contributed by atoms with Gasteiger partial charge in [-0.05, 0) is 62.7 Å². The van der Waals surface area contributed by atoms with Gasteiger partial charge in [-0.3, -0.25) is 4.90 Å². The van der Waals surface area contributed by atoms with Crippen LogP contribution in [-0.4, -0.2) is 30.6 Å². The van der Waals surface area contributed by atoms with Gasteiger partial charge in [0.15, 0.2) is 0 Å². The zero-order chi connectivity index (χ0) is 13.4. The van der Waals surface area contributed by atoms with Gasteiger partial charge in [0, 0.05) is 12.6 Å². The molecule has 0 aromatic carbocycles. The molecule has 2 aliphatic carbocycles. The van der Waals surface area contributed by atoms with Crippen LogP contribution in [-0.2, 0) is 0 Å². The fraction of sp³-hybridized carbons (Fsp3) is 0.647. The third-order valence-corrected chi connectivity index (χ3v) is 5.39. The van der Waals surface area contributed by atoms with E-state index in [1.165, 1.54) is 38.8 Å². The average molecular weight is 272 g/mol.